The van der Waals surface area contributed by atoms with Crippen molar-refractivity contribution in [3.8, 4) is 17.2 Å². The van der Waals surface area contributed by atoms with Gasteiger partial charge in [-0.05, 0) is 17.7 Å². The van der Waals surface area contributed by atoms with Gasteiger partial charge in [0.1, 0.15) is 0 Å². The number of hydrogen-bond acceptors (Lipinski definition) is 5. The second kappa shape index (κ2) is 9.05. The van der Waals surface area contributed by atoms with Gasteiger partial charge in [-0.15, -0.1) is 0 Å². The summed E-state index contributed by atoms with van der Waals surface area (Å²) in [7, 11) is 4.54. The van der Waals surface area contributed by atoms with E-state index in [9.17, 15) is 9.59 Å². The summed E-state index contributed by atoms with van der Waals surface area (Å²) in [6, 6.07) is 10.7. The van der Waals surface area contributed by atoms with Crippen molar-refractivity contribution in [3.63, 3.8) is 0 Å². The van der Waals surface area contributed by atoms with Crippen LogP contribution in [0, 0.1) is 5.92 Å². The van der Waals surface area contributed by atoms with Crippen LogP contribution < -0.4 is 24.4 Å². The summed E-state index contributed by atoms with van der Waals surface area (Å²) >= 11 is 5.87. The highest BCUT2D eigenvalue weighted by molar-refractivity contribution is 6.30. The number of amides is 2. The van der Waals surface area contributed by atoms with Crippen LogP contribution in [0.1, 0.15) is 12.0 Å². The molecule has 29 heavy (non-hydrogen) atoms. The average Bonchev–Trinajstić information content (AvgIpc) is 3.13. The van der Waals surface area contributed by atoms with E-state index in [1.807, 2.05) is 12.1 Å². The van der Waals surface area contributed by atoms with Crippen LogP contribution in [0.3, 0.4) is 0 Å². The number of benzene rings is 2. The van der Waals surface area contributed by atoms with E-state index in [0.29, 0.717) is 34.5 Å². The summed E-state index contributed by atoms with van der Waals surface area (Å²) in [6.45, 7) is 0.662. The van der Waals surface area contributed by atoms with Crippen LogP contribution in [-0.4, -0.2) is 39.7 Å². The molecule has 1 N–H and O–H groups in total. The van der Waals surface area contributed by atoms with Gasteiger partial charge >= 0.3 is 0 Å². The van der Waals surface area contributed by atoms with Gasteiger partial charge < -0.3 is 24.4 Å². The minimum absolute atomic E-state index is 0.133. The van der Waals surface area contributed by atoms with Crippen molar-refractivity contribution in [2.24, 2.45) is 5.92 Å². The Morgan fingerprint density at radius 2 is 1.72 bits per heavy atom. The van der Waals surface area contributed by atoms with Crippen molar-refractivity contribution in [2.75, 3.05) is 32.8 Å². The van der Waals surface area contributed by atoms with E-state index in [1.165, 1.54) is 21.3 Å². The summed E-state index contributed by atoms with van der Waals surface area (Å²) < 4.78 is 16.0. The molecule has 0 aromatic heterocycles. The number of carbonyl (C=O) groups is 2. The minimum Gasteiger partial charge on any atom is -0.493 e. The Morgan fingerprint density at radius 1 is 1.10 bits per heavy atom. The van der Waals surface area contributed by atoms with Gasteiger partial charge in [-0.2, -0.15) is 0 Å². The first-order chi connectivity index (χ1) is 14.0. The molecule has 0 radical (unpaired) electrons. The average molecular weight is 419 g/mol. The zero-order valence-electron chi connectivity index (χ0n) is 16.5. The predicted molar refractivity (Wildman–Crippen MR) is 110 cm³/mol. The van der Waals surface area contributed by atoms with Gasteiger partial charge in [0.05, 0.1) is 32.9 Å². The maximum atomic E-state index is 12.6. The zero-order valence-corrected chi connectivity index (χ0v) is 17.3. The van der Waals surface area contributed by atoms with E-state index in [0.717, 1.165) is 5.56 Å². The van der Waals surface area contributed by atoms with Crippen molar-refractivity contribution in [1.82, 2.24) is 5.32 Å². The lowest BCUT2D eigenvalue weighted by Crippen LogP contribution is -2.32. The van der Waals surface area contributed by atoms with E-state index in [-0.39, 0.29) is 24.8 Å². The molecule has 8 heteroatoms. The van der Waals surface area contributed by atoms with Gasteiger partial charge in [0.2, 0.25) is 17.6 Å². The maximum Gasteiger partial charge on any atom is 0.227 e. The van der Waals surface area contributed by atoms with Gasteiger partial charge in [0.25, 0.3) is 0 Å². The Bertz CT molecular complexity index is 875. The van der Waals surface area contributed by atoms with Crippen molar-refractivity contribution >= 4 is 29.1 Å². The van der Waals surface area contributed by atoms with Crippen LogP contribution in [0.25, 0.3) is 0 Å². The van der Waals surface area contributed by atoms with E-state index in [2.05, 4.69) is 5.32 Å². The fourth-order valence-electron chi connectivity index (χ4n) is 3.29. The monoisotopic (exact) mass is 418 g/mol. The van der Waals surface area contributed by atoms with Crippen molar-refractivity contribution < 1.29 is 23.8 Å². The van der Waals surface area contributed by atoms with E-state index >= 15 is 0 Å². The van der Waals surface area contributed by atoms with Gasteiger partial charge in [-0.3, -0.25) is 9.59 Å². The first-order valence-corrected chi connectivity index (χ1v) is 9.47. The normalized spacial score (nSPS) is 15.9. The van der Waals surface area contributed by atoms with Gasteiger partial charge in [-0.25, -0.2) is 0 Å². The van der Waals surface area contributed by atoms with Gasteiger partial charge in [-0.1, -0.05) is 23.7 Å². The molecule has 1 heterocycles. The molecule has 2 aromatic rings. The van der Waals surface area contributed by atoms with Crippen molar-refractivity contribution in [1.29, 1.82) is 0 Å². The molecule has 0 spiro atoms. The second-order valence-electron chi connectivity index (χ2n) is 6.63. The molecular formula is C21H23ClN2O5. The molecule has 1 unspecified atom stereocenters. The molecule has 1 saturated heterocycles. The molecular weight excluding hydrogens is 396 g/mol. The number of nitrogens with zero attached hydrogens (tertiary/aromatic N) is 1. The topological polar surface area (TPSA) is 77.1 Å². The summed E-state index contributed by atoms with van der Waals surface area (Å²) in [4.78, 5) is 26.7. The second-order valence-corrected chi connectivity index (χ2v) is 7.07. The number of hydrogen-bond donors (Lipinski definition) is 1. The lowest BCUT2D eigenvalue weighted by atomic mass is 10.1. The third-order valence-corrected chi connectivity index (χ3v) is 5.09. The van der Waals surface area contributed by atoms with Crippen LogP contribution in [0.5, 0.6) is 17.2 Å². The number of rotatable bonds is 7. The maximum absolute atomic E-state index is 12.6. The third kappa shape index (κ3) is 4.56. The highest BCUT2D eigenvalue weighted by atomic mass is 35.5. The minimum atomic E-state index is -0.436. The van der Waals surface area contributed by atoms with Crippen LogP contribution in [0.4, 0.5) is 5.69 Å². The largest absolute Gasteiger partial charge is 0.493 e. The lowest BCUT2D eigenvalue weighted by Gasteiger charge is -2.20. The standard InChI is InChI=1S/C21H23ClN2O5/c1-27-17-9-16(10-18(28-2)20(17)29-3)24-12-14(8-19(24)25)21(26)23-11-13-4-6-15(22)7-5-13/h4-7,9-10,14H,8,11-12H2,1-3H3,(H,23,26). The number of carbonyl (C=O) groups excluding carboxylic acids is 2. The first-order valence-electron chi connectivity index (χ1n) is 9.09. The Labute approximate surface area is 174 Å². The highest BCUT2D eigenvalue weighted by Crippen LogP contribution is 2.42. The Kier molecular flexibility index (Phi) is 6.49. The number of nitrogens with one attached hydrogen (secondary N) is 1. The fraction of sp³-hybridized carbons (Fsp3) is 0.333. The summed E-state index contributed by atoms with van der Waals surface area (Å²) in [5, 5.41) is 3.53. The van der Waals surface area contributed by atoms with E-state index in [4.69, 9.17) is 25.8 Å². The Hall–Kier alpha value is -2.93. The van der Waals surface area contributed by atoms with Gasteiger partial charge in [0.15, 0.2) is 11.5 Å². The predicted octanol–water partition coefficient (Wildman–Crippen LogP) is 3.04. The molecule has 0 saturated carbocycles. The van der Waals surface area contributed by atoms with E-state index < -0.39 is 5.92 Å². The van der Waals surface area contributed by atoms with Crippen molar-refractivity contribution in [2.45, 2.75) is 13.0 Å². The summed E-state index contributed by atoms with van der Waals surface area (Å²) in [5.41, 5.74) is 1.53. The SMILES string of the molecule is COc1cc(N2CC(C(=O)NCc3ccc(Cl)cc3)CC2=O)cc(OC)c1OC. The number of halogens is 1. The van der Waals surface area contributed by atoms with Crippen LogP contribution in [-0.2, 0) is 16.1 Å². The molecule has 2 aromatic carbocycles. The molecule has 1 fully saturated rings. The molecule has 1 atom stereocenters. The van der Waals surface area contributed by atoms with Crippen LogP contribution >= 0.6 is 11.6 Å². The van der Waals surface area contributed by atoms with Gasteiger partial charge in [0, 0.05) is 36.7 Å². The smallest absolute Gasteiger partial charge is 0.227 e. The molecule has 1 aliphatic rings. The first kappa shape index (κ1) is 20.8. The third-order valence-electron chi connectivity index (χ3n) is 4.84. The quantitative estimate of drug-likeness (QED) is 0.747. The van der Waals surface area contributed by atoms with Crippen LogP contribution in [0.15, 0.2) is 36.4 Å². The van der Waals surface area contributed by atoms with Crippen molar-refractivity contribution in [3.05, 3.63) is 47.0 Å². The number of ether oxygens (including phenoxy) is 3. The van der Waals surface area contributed by atoms with Crippen LogP contribution in [0.2, 0.25) is 5.02 Å². The number of anilines is 1. The summed E-state index contributed by atoms with van der Waals surface area (Å²) in [5.74, 6) is 0.612. The molecule has 1 aliphatic heterocycles. The summed E-state index contributed by atoms with van der Waals surface area (Å²) in [6.07, 6.45) is 0.142. The molecule has 154 valence electrons. The Morgan fingerprint density at radius 3 is 2.28 bits per heavy atom. The van der Waals surface area contributed by atoms with E-state index in [1.54, 1.807) is 29.2 Å². The molecule has 3 rings (SSSR count). The zero-order chi connectivity index (χ0) is 21.0. The fourth-order valence-corrected chi connectivity index (χ4v) is 3.42. The molecule has 7 nitrogen and oxygen atoms in total. The number of methoxy groups -OCH3 is 3. The molecule has 0 aliphatic carbocycles. The lowest BCUT2D eigenvalue weighted by molar-refractivity contribution is -0.126. The Balaban J connectivity index is 1.71. The molecule has 0 bridgehead atoms. The highest BCUT2D eigenvalue weighted by Gasteiger charge is 2.35. The molecule has 2 amide bonds.